The summed E-state index contributed by atoms with van der Waals surface area (Å²) in [5, 5.41) is 8.92. The summed E-state index contributed by atoms with van der Waals surface area (Å²) >= 11 is 0. The largest absolute Gasteiger partial charge is 0.109 e. The molecule has 0 spiro atoms. The predicted octanol–water partition coefficient (Wildman–Crippen LogP) is 6.11. The maximum absolute atomic E-state index is 2.53. The minimum absolute atomic E-state index is 1.16. The quantitative estimate of drug-likeness (QED) is 0.393. The maximum Gasteiger partial charge on any atom is 0.109 e. The Labute approximate surface area is 145 Å². The molecular formula is C23H24Si. The first-order chi connectivity index (χ1) is 11.5. The van der Waals surface area contributed by atoms with Crippen molar-refractivity contribution >= 4 is 34.8 Å². The van der Waals surface area contributed by atoms with Crippen LogP contribution in [-0.2, 0) is 0 Å². The highest BCUT2D eigenvalue weighted by Gasteiger charge is 2.34. The molecule has 0 amide bonds. The van der Waals surface area contributed by atoms with Crippen LogP contribution in [0.1, 0.15) is 20.3 Å². The summed E-state index contributed by atoms with van der Waals surface area (Å²) in [6.45, 7) is 9.63. The van der Waals surface area contributed by atoms with Gasteiger partial charge in [0.1, 0.15) is 8.07 Å². The van der Waals surface area contributed by atoms with Crippen molar-refractivity contribution in [1.29, 1.82) is 0 Å². The standard InChI is InChI=1S/C23H24Si/c1-16-13-17(2)22(14-16)24(3,4)23-20-11-7-5-9-18(20)15-19-10-6-8-12-21(19)23/h5-13,15H,14H2,1-4H3. The maximum atomic E-state index is 2.53. The van der Waals surface area contributed by atoms with Crippen molar-refractivity contribution in [3.63, 3.8) is 0 Å². The lowest BCUT2D eigenvalue weighted by molar-refractivity contribution is 1.21. The van der Waals surface area contributed by atoms with Crippen molar-refractivity contribution in [3.8, 4) is 0 Å². The second-order valence-electron chi connectivity index (χ2n) is 7.65. The Balaban J connectivity index is 2.09. The van der Waals surface area contributed by atoms with Crippen LogP contribution in [-0.4, -0.2) is 8.07 Å². The van der Waals surface area contributed by atoms with Crippen molar-refractivity contribution in [1.82, 2.24) is 0 Å². The van der Waals surface area contributed by atoms with Gasteiger partial charge in [0.15, 0.2) is 0 Å². The van der Waals surface area contributed by atoms with Crippen molar-refractivity contribution in [2.45, 2.75) is 33.4 Å². The molecule has 0 fully saturated rings. The third-order valence-corrected chi connectivity index (χ3v) is 9.41. The van der Waals surface area contributed by atoms with Crippen LogP contribution >= 0.6 is 0 Å². The first-order valence-corrected chi connectivity index (χ1v) is 11.8. The molecule has 0 heterocycles. The van der Waals surface area contributed by atoms with Crippen LogP contribution in [0.2, 0.25) is 13.1 Å². The number of allylic oxidation sites excluding steroid dienone is 4. The van der Waals surface area contributed by atoms with Gasteiger partial charge in [-0.25, -0.2) is 0 Å². The normalized spacial score (nSPS) is 15.4. The van der Waals surface area contributed by atoms with E-state index in [-0.39, 0.29) is 0 Å². The summed E-state index contributed by atoms with van der Waals surface area (Å²) in [5.41, 5.74) is 3.01. The lowest BCUT2D eigenvalue weighted by Gasteiger charge is -2.29. The molecule has 3 aromatic rings. The summed E-state index contributed by atoms with van der Waals surface area (Å²) in [5.74, 6) is 0. The second-order valence-corrected chi connectivity index (χ2v) is 12.0. The van der Waals surface area contributed by atoms with Gasteiger partial charge in [-0.05, 0) is 53.1 Å². The van der Waals surface area contributed by atoms with Crippen LogP contribution < -0.4 is 5.19 Å². The monoisotopic (exact) mass is 328 g/mol. The Bertz CT molecular complexity index is 965. The van der Waals surface area contributed by atoms with E-state index >= 15 is 0 Å². The minimum atomic E-state index is -1.75. The number of fused-ring (bicyclic) bond motifs is 2. The van der Waals surface area contributed by atoms with E-state index in [1.54, 1.807) is 10.4 Å². The van der Waals surface area contributed by atoms with Crippen LogP contribution in [0.4, 0.5) is 0 Å². The molecule has 24 heavy (non-hydrogen) atoms. The first-order valence-electron chi connectivity index (χ1n) is 8.77. The zero-order valence-electron chi connectivity index (χ0n) is 15.0. The highest BCUT2D eigenvalue weighted by Crippen LogP contribution is 2.35. The van der Waals surface area contributed by atoms with E-state index in [9.17, 15) is 0 Å². The van der Waals surface area contributed by atoms with Crippen molar-refractivity contribution in [2.75, 3.05) is 0 Å². The van der Waals surface area contributed by atoms with Gasteiger partial charge in [-0.2, -0.15) is 0 Å². The molecule has 3 aromatic carbocycles. The topological polar surface area (TPSA) is 0 Å². The van der Waals surface area contributed by atoms with E-state index in [1.807, 2.05) is 0 Å². The van der Waals surface area contributed by atoms with E-state index in [0.29, 0.717) is 0 Å². The van der Waals surface area contributed by atoms with Crippen LogP contribution in [0, 0.1) is 0 Å². The van der Waals surface area contributed by atoms with Gasteiger partial charge in [0.05, 0.1) is 0 Å². The molecule has 120 valence electrons. The van der Waals surface area contributed by atoms with Crippen LogP contribution in [0.5, 0.6) is 0 Å². The minimum Gasteiger partial charge on any atom is -0.0694 e. The Morgan fingerprint density at radius 2 is 1.33 bits per heavy atom. The van der Waals surface area contributed by atoms with E-state index in [0.717, 1.165) is 6.42 Å². The van der Waals surface area contributed by atoms with Crippen molar-refractivity contribution < 1.29 is 0 Å². The molecule has 0 nitrogen and oxygen atoms in total. The van der Waals surface area contributed by atoms with Gasteiger partial charge in [0.2, 0.25) is 0 Å². The Morgan fingerprint density at radius 3 is 1.83 bits per heavy atom. The highest BCUT2D eigenvalue weighted by molar-refractivity contribution is 6.98. The van der Waals surface area contributed by atoms with Crippen LogP contribution in [0.25, 0.3) is 21.5 Å². The molecule has 4 rings (SSSR count). The number of benzene rings is 3. The summed E-state index contributed by atoms with van der Waals surface area (Å²) < 4.78 is 0. The number of rotatable bonds is 2. The third-order valence-electron chi connectivity index (χ3n) is 5.55. The summed E-state index contributed by atoms with van der Waals surface area (Å²) in [6, 6.07) is 20.2. The lowest BCUT2D eigenvalue weighted by atomic mass is 10.0. The molecule has 1 heteroatoms. The van der Waals surface area contributed by atoms with Gasteiger partial charge in [0.25, 0.3) is 0 Å². The fourth-order valence-corrected chi connectivity index (χ4v) is 8.36. The molecule has 0 N–H and O–H groups in total. The number of hydrogen-bond donors (Lipinski definition) is 0. The summed E-state index contributed by atoms with van der Waals surface area (Å²) in [7, 11) is -1.75. The smallest absolute Gasteiger partial charge is 0.0694 e. The molecule has 0 aromatic heterocycles. The molecule has 0 saturated carbocycles. The Hall–Kier alpha value is -2.12. The van der Waals surface area contributed by atoms with E-state index in [2.05, 4.69) is 87.6 Å². The fourth-order valence-electron chi connectivity index (χ4n) is 4.48. The predicted molar refractivity (Wildman–Crippen MR) is 110 cm³/mol. The summed E-state index contributed by atoms with van der Waals surface area (Å²) in [4.78, 5) is 0. The SMILES string of the molecule is CC1=CC(C)=C([Si](C)(C)c2c3ccccc3cc3ccccc23)C1. The van der Waals surface area contributed by atoms with Crippen molar-refractivity contribution in [3.05, 3.63) is 77.0 Å². The number of hydrogen-bond acceptors (Lipinski definition) is 0. The van der Waals surface area contributed by atoms with Gasteiger partial charge >= 0.3 is 0 Å². The van der Waals surface area contributed by atoms with Gasteiger partial charge in [0, 0.05) is 0 Å². The average Bonchev–Trinajstić information content (AvgIpc) is 2.91. The average molecular weight is 329 g/mol. The highest BCUT2D eigenvalue weighted by atomic mass is 28.3. The second kappa shape index (κ2) is 5.46. The third kappa shape index (κ3) is 2.27. The van der Waals surface area contributed by atoms with E-state index in [1.165, 1.54) is 32.7 Å². The van der Waals surface area contributed by atoms with Crippen LogP contribution in [0.3, 0.4) is 0 Å². The zero-order chi connectivity index (χ0) is 16.9. The van der Waals surface area contributed by atoms with Gasteiger partial charge < -0.3 is 0 Å². The molecule has 0 unspecified atom stereocenters. The summed E-state index contributed by atoms with van der Waals surface area (Å²) in [6.07, 6.45) is 3.54. The van der Waals surface area contributed by atoms with Gasteiger partial charge in [-0.1, -0.05) is 84.0 Å². The van der Waals surface area contributed by atoms with Gasteiger partial charge in [-0.3, -0.25) is 0 Å². The molecule has 0 saturated heterocycles. The molecule has 0 radical (unpaired) electrons. The molecule has 0 aliphatic heterocycles. The van der Waals surface area contributed by atoms with E-state index in [4.69, 9.17) is 0 Å². The Morgan fingerprint density at radius 1 is 0.792 bits per heavy atom. The Kier molecular flexibility index (Phi) is 3.50. The lowest BCUT2D eigenvalue weighted by Crippen LogP contribution is -2.45. The van der Waals surface area contributed by atoms with Crippen LogP contribution in [0.15, 0.2) is 77.0 Å². The molecule has 0 bridgehead atoms. The molecule has 1 aliphatic rings. The van der Waals surface area contributed by atoms with E-state index < -0.39 is 8.07 Å². The fraction of sp³-hybridized carbons (Fsp3) is 0.217. The molecule has 0 atom stereocenters. The van der Waals surface area contributed by atoms with Crippen molar-refractivity contribution in [2.24, 2.45) is 0 Å². The van der Waals surface area contributed by atoms with Gasteiger partial charge in [-0.15, -0.1) is 0 Å². The zero-order valence-corrected chi connectivity index (χ0v) is 16.0. The first kappa shape index (κ1) is 15.4. The molecular weight excluding hydrogens is 304 g/mol. The molecule has 1 aliphatic carbocycles.